The van der Waals surface area contributed by atoms with Crippen molar-refractivity contribution < 1.29 is 18.7 Å². The Bertz CT molecular complexity index is 910. The van der Waals surface area contributed by atoms with Crippen LogP contribution < -0.4 is 10.2 Å². The van der Waals surface area contributed by atoms with E-state index < -0.39 is 0 Å². The summed E-state index contributed by atoms with van der Waals surface area (Å²) < 4.78 is 19.5. The number of ether oxygens (including phenoxy) is 1. The maximum absolute atomic E-state index is 14.3. The molecule has 5 rings (SSSR count). The molecule has 0 radical (unpaired) electrons. The van der Waals surface area contributed by atoms with Gasteiger partial charge in [0, 0.05) is 35.6 Å². The first-order chi connectivity index (χ1) is 16.5. The van der Waals surface area contributed by atoms with Crippen molar-refractivity contribution in [3.63, 3.8) is 0 Å². The van der Waals surface area contributed by atoms with Crippen molar-refractivity contribution in [2.75, 3.05) is 31.1 Å². The van der Waals surface area contributed by atoms with Crippen LogP contribution in [0.4, 0.5) is 14.9 Å². The van der Waals surface area contributed by atoms with Gasteiger partial charge in [-0.2, -0.15) is 0 Å². The number of fused-ring (bicyclic) bond motifs is 2. The maximum Gasteiger partial charge on any atom is 0.407 e. The number of amides is 2. The van der Waals surface area contributed by atoms with E-state index in [1.807, 2.05) is 17.9 Å². The second-order valence-electron chi connectivity index (χ2n) is 10.8. The number of alkyl carbamates (subject to hydrolysis) is 1. The average molecular weight is 472 g/mol. The van der Waals surface area contributed by atoms with Crippen LogP contribution in [0, 0.1) is 11.7 Å². The summed E-state index contributed by atoms with van der Waals surface area (Å²) in [4.78, 5) is 29.6. The Hall–Kier alpha value is -2.15. The van der Waals surface area contributed by atoms with Crippen molar-refractivity contribution in [2.45, 2.75) is 88.6 Å². The Morgan fingerprint density at radius 1 is 1.15 bits per heavy atom. The van der Waals surface area contributed by atoms with Gasteiger partial charge in [-0.15, -0.1) is 0 Å². The van der Waals surface area contributed by atoms with Crippen LogP contribution in [0.2, 0.25) is 0 Å². The van der Waals surface area contributed by atoms with Crippen molar-refractivity contribution in [3.05, 3.63) is 29.6 Å². The number of hydrogen-bond donors (Lipinski definition) is 1. The molecule has 1 spiro atoms. The van der Waals surface area contributed by atoms with Gasteiger partial charge in [0.15, 0.2) is 0 Å². The summed E-state index contributed by atoms with van der Waals surface area (Å²) in [6, 6.07) is 5.57. The molecule has 0 aromatic heterocycles. The molecule has 7 heteroatoms. The molecule has 2 aliphatic heterocycles. The molecule has 2 heterocycles. The molecule has 2 amide bonds. The Balaban J connectivity index is 1.25. The number of nitrogens with one attached hydrogen (secondary N) is 1. The Kier molecular flexibility index (Phi) is 6.83. The normalized spacial score (nSPS) is 26.7. The number of benzene rings is 1. The van der Waals surface area contributed by atoms with Crippen molar-refractivity contribution in [3.8, 4) is 0 Å². The van der Waals surface area contributed by atoms with Gasteiger partial charge in [-0.05, 0) is 88.2 Å². The van der Waals surface area contributed by atoms with Crippen LogP contribution in [0.1, 0.15) is 76.7 Å². The van der Waals surface area contributed by atoms with Crippen LogP contribution in [-0.4, -0.2) is 55.2 Å². The first-order valence-corrected chi connectivity index (χ1v) is 13.3. The highest BCUT2D eigenvalue weighted by molar-refractivity contribution is 5.99. The van der Waals surface area contributed by atoms with E-state index in [9.17, 15) is 14.0 Å². The van der Waals surface area contributed by atoms with Gasteiger partial charge in [-0.3, -0.25) is 4.79 Å². The summed E-state index contributed by atoms with van der Waals surface area (Å²) in [6.45, 7) is 5.03. The summed E-state index contributed by atoms with van der Waals surface area (Å²) in [7, 11) is 0. The molecule has 1 saturated heterocycles. The number of nitrogens with zero attached hydrogens (tertiary/aromatic N) is 2. The monoisotopic (exact) mass is 471 g/mol. The zero-order valence-electron chi connectivity index (χ0n) is 20.4. The summed E-state index contributed by atoms with van der Waals surface area (Å²) in [5, 5.41) is 3.09. The number of anilines is 1. The van der Waals surface area contributed by atoms with E-state index in [1.165, 1.54) is 12.5 Å². The number of rotatable bonds is 5. The van der Waals surface area contributed by atoms with Gasteiger partial charge in [-0.1, -0.05) is 19.8 Å². The van der Waals surface area contributed by atoms with Crippen LogP contribution in [0.25, 0.3) is 0 Å². The van der Waals surface area contributed by atoms with E-state index in [2.05, 4.69) is 10.2 Å². The van der Waals surface area contributed by atoms with Crippen molar-refractivity contribution in [1.29, 1.82) is 0 Å². The molecule has 1 N–H and O–H groups in total. The molecule has 34 heavy (non-hydrogen) atoms. The third-order valence-corrected chi connectivity index (χ3v) is 8.40. The lowest BCUT2D eigenvalue weighted by molar-refractivity contribution is -0.119. The minimum Gasteiger partial charge on any atom is -0.450 e. The standard InChI is InChI=1S/C27H38FN3O3/c1-2-15-34-26(33)29-21-5-3-4-6-22(17-21)30-13-11-27(12-14-30)18-31(25(32)19-7-8-19)24-10-9-20(28)16-23(24)27/h9-10,16,19,21-22H,2-8,11-15,17-18H2,1H3,(H,29,33). The van der Waals surface area contributed by atoms with Crippen LogP contribution in [0.5, 0.6) is 0 Å². The fraction of sp³-hybridized carbons (Fsp3) is 0.704. The summed E-state index contributed by atoms with van der Waals surface area (Å²) in [6.07, 6.45) is 9.76. The highest BCUT2D eigenvalue weighted by Gasteiger charge is 2.49. The molecule has 186 valence electrons. The summed E-state index contributed by atoms with van der Waals surface area (Å²) >= 11 is 0. The van der Waals surface area contributed by atoms with Gasteiger partial charge in [0.2, 0.25) is 5.91 Å². The smallest absolute Gasteiger partial charge is 0.407 e. The summed E-state index contributed by atoms with van der Waals surface area (Å²) in [5.41, 5.74) is 1.81. The first-order valence-electron chi connectivity index (χ1n) is 13.3. The third-order valence-electron chi connectivity index (χ3n) is 8.40. The lowest BCUT2D eigenvalue weighted by Gasteiger charge is -2.43. The SMILES string of the molecule is CCCOC(=O)NC1CCCCC(N2CCC3(CC2)CN(C(=O)C2CC2)c2ccc(F)cc23)C1. The van der Waals surface area contributed by atoms with Gasteiger partial charge in [0.05, 0.1) is 6.61 Å². The van der Waals surface area contributed by atoms with Crippen LogP contribution in [0.3, 0.4) is 0 Å². The number of carbonyl (C=O) groups excluding carboxylic acids is 2. The van der Waals surface area contributed by atoms with Crippen molar-refractivity contribution in [2.24, 2.45) is 5.92 Å². The van der Waals surface area contributed by atoms with Gasteiger partial charge in [0.1, 0.15) is 5.82 Å². The highest BCUT2D eigenvalue weighted by Crippen LogP contribution is 2.49. The Labute approximate surface area is 202 Å². The molecule has 2 atom stereocenters. The Morgan fingerprint density at radius 3 is 2.65 bits per heavy atom. The van der Waals surface area contributed by atoms with E-state index in [1.54, 1.807) is 6.07 Å². The number of carbonyl (C=O) groups is 2. The molecule has 4 aliphatic rings. The van der Waals surface area contributed by atoms with Gasteiger partial charge in [0.25, 0.3) is 0 Å². The fourth-order valence-corrected chi connectivity index (χ4v) is 6.33. The topological polar surface area (TPSA) is 61.9 Å². The van der Waals surface area contributed by atoms with Gasteiger partial charge < -0.3 is 19.9 Å². The maximum atomic E-state index is 14.3. The predicted octanol–water partition coefficient (Wildman–Crippen LogP) is 4.75. The number of hydrogen-bond acceptors (Lipinski definition) is 4. The van der Waals surface area contributed by atoms with E-state index >= 15 is 0 Å². The summed E-state index contributed by atoms with van der Waals surface area (Å²) in [5.74, 6) is 0.168. The molecule has 2 unspecified atom stereocenters. The molecular formula is C27H38FN3O3. The van der Waals surface area contributed by atoms with E-state index in [0.717, 1.165) is 82.1 Å². The molecular weight excluding hydrogens is 433 g/mol. The molecule has 0 bridgehead atoms. The second-order valence-corrected chi connectivity index (χ2v) is 10.8. The van der Waals surface area contributed by atoms with Crippen molar-refractivity contribution in [1.82, 2.24) is 10.2 Å². The third kappa shape index (κ3) is 4.81. The molecule has 2 aliphatic carbocycles. The highest BCUT2D eigenvalue weighted by atomic mass is 19.1. The van der Waals surface area contributed by atoms with Gasteiger partial charge >= 0.3 is 6.09 Å². The van der Waals surface area contributed by atoms with Gasteiger partial charge in [-0.25, -0.2) is 9.18 Å². The quantitative estimate of drug-likeness (QED) is 0.630. The Morgan fingerprint density at radius 2 is 1.91 bits per heavy atom. The van der Waals surface area contributed by atoms with E-state index in [0.29, 0.717) is 19.2 Å². The zero-order valence-corrected chi connectivity index (χ0v) is 20.4. The molecule has 2 saturated carbocycles. The number of piperidine rings is 1. The predicted molar refractivity (Wildman–Crippen MR) is 129 cm³/mol. The second kappa shape index (κ2) is 9.84. The minimum absolute atomic E-state index is 0.148. The number of likely N-dealkylation sites (tertiary alicyclic amines) is 1. The van der Waals surface area contributed by atoms with E-state index in [-0.39, 0.29) is 35.2 Å². The molecule has 3 fully saturated rings. The molecule has 6 nitrogen and oxygen atoms in total. The fourth-order valence-electron chi connectivity index (χ4n) is 6.33. The minimum atomic E-state index is -0.296. The molecule has 1 aromatic rings. The lowest BCUT2D eigenvalue weighted by atomic mass is 9.74. The van der Waals surface area contributed by atoms with Crippen LogP contribution in [0.15, 0.2) is 18.2 Å². The molecule has 1 aromatic carbocycles. The van der Waals surface area contributed by atoms with E-state index in [4.69, 9.17) is 4.74 Å². The van der Waals surface area contributed by atoms with Crippen LogP contribution in [-0.2, 0) is 14.9 Å². The lowest BCUT2D eigenvalue weighted by Crippen LogP contribution is -2.50. The van der Waals surface area contributed by atoms with Crippen LogP contribution >= 0.6 is 0 Å². The number of halogens is 1. The average Bonchev–Trinajstić information content (AvgIpc) is 3.66. The van der Waals surface area contributed by atoms with Crippen molar-refractivity contribution >= 4 is 17.7 Å². The zero-order chi connectivity index (χ0) is 23.7. The largest absolute Gasteiger partial charge is 0.450 e. The first kappa shape index (κ1) is 23.6.